The molecule has 1 aromatic rings. The van der Waals surface area contributed by atoms with Crippen LogP contribution in [0.3, 0.4) is 0 Å². The van der Waals surface area contributed by atoms with E-state index in [-0.39, 0.29) is 24.3 Å². The minimum atomic E-state index is -0.597. The first-order valence-electron chi connectivity index (χ1n) is 9.66. The number of rotatable bonds is 4. The number of nitrogens with zero attached hydrogens (tertiary/aromatic N) is 5. The van der Waals surface area contributed by atoms with E-state index in [4.69, 9.17) is 0 Å². The topological polar surface area (TPSA) is 73.7 Å². The van der Waals surface area contributed by atoms with Crippen LogP contribution in [0.2, 0.25) is 0 Å². The van der Waals surface area contributed by atoms with E-state index in [1.54, 1.807) is 6.20 Å². The Hall–Kier alpha value is -1.80. The summed E-state index contributed by atoms with van der Waals surface area (Å²) in [5.41, 5.74) is -0.597. The second kappa shape index (κ2) is 9.41. The summed E-state index contributed by atoms with van der Waals surface area (Å²) in [5, 5.41) is 7.72. The lowest BCUT2D eigenvalue weighted by Crippen LogP contribution is -2.60. The Morgan fingerprint density at radius 2 is 1.67 bits per heavy atom. The fourth-order valence-corrected chi connectivity index (χ4v) is 3.99. The average Bonchev–Trinajstić information content (AvgIpc) is 3.24. The fourth-order valence-electron chi connectivity index (χ4n) is 3.99. The van der Waals surface area contributed by atoms with Gasteiger partial charge >= 0.3 is 6.03 Å². The number of carbonyl (C=O) groups is 2. The number of piperidine rings is 1. The van der Waals surface area contributed by atoms with Gasteiger partial charge in [-0.1, -0.05) is 0 Å². The summed E-state index contributed by atoms with van der Waals surface area (Å²) >= 11 is 0. The number of urea groups is 1. The Morgan fingerprint density at radius 1 is 1.07 bits per heavy atom. The Morgan fingerprint density at radius 3 is 2.19 bits per heavy atom. The van der Waals surface area contributed by atoms with Crippen molar-refractivity contribution in [3.05, 3.63) is 18.5 Å². The molecule has 0 radical (unpaired) electrons. The molecule has 0 spiro atoms. The molecule has 2 saturated heterocycles. The van der Waals surface area contributed by atoms with E-state index in [9.17, 15) is 9.59 Å². The molecule has 0 saturated carbocycles. The molecule has 0 aliphatic carbocycles. The van der Waals surface area contributed by atoms with Crippen LogP contribution in [0.25, 0.3) is 0 Å². The largest absolute Gasteiger partial charge is 0.337 e. The lowest BCUT2D eigenvalue weighted by atomic mass is 9.86. The van der Waals surface area contributed by atoms with Gasteiger partial charge in [0.1, 0.15) is 5.54 Å². The van der Waals surface area contributed by atoms with Crippen LogP contribution in [-0.4, -0.2) is 88.8 Å². The molecule has 0 unspecified atom stereocenters. The summed E-state index contributed by atoms with van der Waals surface area (Å²) in [6.07, 6.45) is 5.11. The van der Waals surface area contributed by atoms with E-state index in [1.165, 1.54) is 0 Å². The number of nitrogens with one attached hydrogen (secondary N) is 1. The highest BCUT2D eigenvalue weighted by molar-refractivity contribution is 5.85. The maximum atomic E-state index is 13.4. The van der Waals surface area contributed by atoms with Crippen LogP contribution in [0.4, 0.5) is 4.79 Å². The Labute approximate surface area is 167 Å². The molecule has 0 atom stereocenters. The van der Waals surface area contributed by atoms with Crippen molar-refractivity contribution >= 4 is 24.3 Å². The van der Waals surface area contributed by atoms with Gasteiger partial charge in [0.15, 0.2) is 0 Å². The predicted molar refractivity (Wildman–Crippen MR) is 106 cm³/mol. The number of hydrogen-bond donors (Lipinski definition) is 1. The van der Waals surface area contributed by atoms with Crippen LogP contribution in [-0.2, 0) is 10.3 Å². The second-order valence-electron chi connectivity index (χ2n) is 6.97. The molecule has 27 heavy (non-hydrogen) atoms. The van der Waals surface area contributed by atoms with Gasteiger partial charge in [0.25, 0.3) is 5.91 Å². The van der Waals surface area contributed by atoms with Crippen LogP contribution in [0.1, 0.15) is 26.7 Å². The average molecular weight is 399 g/mol. The number of piperazine rings is 1. The number of amides is 3. The maximum absolute atomic E-state index is 13.4. The van der Waals surface area contributed by atoms with Crippen molar-refractivity contribution in [2.24, 2.45) is 0 Å². The van der Waals surface area contributed by atoms with Gasteiger partial charge in [-0.25, -0.2) is 4.79 Å². The molecule has 0 bridgehead atoms. The summed E-state index contributed by atoms with van der Waals surface area (Å²) in [5.74, 6) is 0.137. The van der Waals surface area contributed by atoms with Gasteiger partial charge in [0.2, 0.25) is 0 Å². The van der Waals surface area contributed by atoms with Crippen molar-refractivity contribution in [2.45, 2.75) is 32.2 Å². The van der Waals surface area contributed by atoms with Gasteiger partial charge in [0, 0.05) is 51.7 Å². The Kier molecular flexibility index (Phi) is 7.49. The minimum absolute atomic E-state index is 0. The number of halogens is 1. The summed E-state index contributed by atoms with van der Waals surface area (Å²) in [4.78, 5) is 31.5. The molecule has 3 heterocycles. The monoisotopic (exact) mass is 398 g/mol. The fraction of sp³-hybridized carbons (Fsp3) is 0.722. The molecule has 2 aliphatic rings. The molecule has 1 aromatic heterocycles. The highest BCUT2D eigenvalue weighted by atomic mass is 35.5. The molecular formula is C18H31ClN6O2. The molecule has 8 nitrogen and oxygen atoms in total. The standard InChI is InChI=1S/C18H30N6O2.ClH/c1-3-21(4-2)17(26)23-14-12-22(13-15-23)16(25)18(6-9-19-10-7-18)24-11-5-8-20-24;/h5,8,11,19H,3-4,6-7,9-10,12-15H2,1-2H3;1H. The number of aromatic nitrogens is 2. The molecule has 3 rings (SSSR count). The normalized spacial score (nSPS) is 19.3. The number of hydrogen-bond acceptors (Lipinski definition) is 4. The van der Waals surface area contributed by atoms with Crippen molar-refractivity contribution in [2.75, 3.05) is 52.4 Å². The third kappa shape index (κ3) is 4.21. The minimum Gasteiger partial charge on any atom is -0.337 e. The van der Waals surface area contributed by atoms with Crippen molar-refractivity contribution in [1.82, 2.24) is 29.8 Å². The lowest BCUT2D eigenvalue weighted by molar-refractivity contribution is -0.144. The van der Waals surface area contributed by atoms with Crippen LogP contribution in [0.15, 0.2) is 18.5 Å². The van der Waals surface area contributed by atoms with Crippen molar-refractivity contribution < 1.29 is 9.59 Å². The Balaban J connectivity index is 0.00000261. The predicted octanol–water partition coefficient (Wildman–Crippen LogP) is 0.990. The third-order valence-corrected chi connectivity index (χ3v) is 5.64. The van der Waals surface area contributed by atoms with E-state index in [1.807, 2.05) is 45.5 Å². The van der Waals surface area contributed by atoms with E-state index >= 15 is 0 Å². The van der Waals surface area contributed by atoms with E-state index in [0.29, 0.717) is 39.3 Å². The molecular weight excluding hydrogens is 368 g/mol. The molecule has 9 heteroatoms. The van der Waals surface area contributed by atoms with Gasteiger partial charge in [0.05, 0.1) is 0 Å². The van der Waals surface area contributed by atoms with Gasteiger partial charge in [-0.05, 0) is 45.8 Å². The van der Waals surface area contributed by atoms with Gasteiger partial charge in [-0.2, -0.15) is 5.10 Å². The zero-order valence-electron chi connectivity index (χ0n) is 16.3. The first-order valence-corrected chi connectivity index (χ1v) is 9.66. The zero-order chi connectivity index (χ0) is 18.6. The highest BCUT2D eigenvalue weighted by Gasteiger charge is 2.45. The SMILES string of the molecule is CCN(CC)C(=O)N1CCN(C(=O)C2(n3cccn3)CCNCC2)CC1.Cl. The van der Waals surface area contributed by atoms with Crippen LogP contribution >= 0.6 is 12.4 Å². The summed E-state index contributed by atoms with van der Waals surface area (Å²) in [6.45, 7) is 9.39. The molecule has 1 N–H and O–H groups in total. The van der Waals surface area contributed by atoms with Crippen molar-refractivity contribution in [1.29, 1.82) is 0 Å². The van der Waals surface area contributed by atoms with Gasteiger partial charge in [-0.3, -0.25) is 9.48 Å². The summed E-state index contributed by atoms with van der Waals surface area (Å²) in [6, 6.07) is 1.95. The van der Waals surface area contributed by atoms with Crippen molar-refractivity contribution in [3.63, 3.8) is 0 Å². The smallest absolute Gasteiger partial charge is 0.320 e. The second-order valence-corrected chi connectivity index (χ2v) is 6.97. The van der Waals surface area contributed by atoms with Crippen LogP contribution in [0, 0.1) is 0 Å². The van der Waals surface area contributed by atoms with Gasteiger partial charge < -0.3 is 20.0 Å². The van der Waals surface area contributed by atoms with E-state index < -0.39 is 5.54 Å². The maximum Gasteiger partial charge on any atom is 0.320 e. The number of carbonyl (C=O) groups excluding carboxylic acids is 2. The van der Waals surface area contributed by atoms with E-state index in [2.05, 4.69) is 10.4 Å². The lowest BCUT2D eigenvalue weighted by Gasteiger charge is -2.43. The molecule has 152 valence electrons. The molecule has 0 aromatic carbocycles. The third-order valence-electron chi connectivity index (χ3n) is 5.64. The quantitative estimate of drug-likeness (QED) is 0.820. The van der Waals surface area contributed by atoms with Crippen LogP contribution in [0.5, 0.6) is 0 Å². The Bertz CT molecular complexity index is 605. The molecule has 2 aliphatic heterocycles. The summed E-state index contributed by atoms with van der Waals surface area (Å²) in [7, 11) is 0. The molecule has 2 fully saturated rings. The first-order chi connectivity index (χ1) is 12.6. The molecule has 3 amide bonds. The van der Waals surface area contributed by atoms with E-state index in [0.717, 1.165) is 25.9 Å². The van der Waals surface area contributed by atoms with Crippen molar-refractivity contribution in [3.8, 4) is 0 Å². The van der Waals surface area contributed by atoms with Crippen LogP contribution < -0.4 is 5.32 Å². The first kappa shape index (κ1) is 21.5. The van der Waals surface area contributed by atoms with Gasteiger partial charge in [-0.15, -0.1) is 12.4 Å². The zero-order valence-corrected chi connectivity index (χ0v) is 17.1. The highest BCUT2D eigenvalue weighted by Crippen LogP contribution is 2.30. The summed E-state index contributed by atoms with van der Waals surface area (Å²) < 4.78 is 1.84.